The van der Waals surface area contributed by atoms with Gasteiger partial charge in [-0.3, -0.25) is 0 Å². The van der Waals surface area contributed by atoms with Crippen molar-refractivity contribution < 1.29 is 23.8 Å². The number of benzene rings is 1. The summed E-state index contributed by atoms with van der Waals surface area (Å²) in [5.74, 6) is -0.392. The molecule has 0 aromatic heterocycles. The van der Waals surface area contributed by atoms with Crippen molar-refractivity contribution in [2.24, 2.45) is 0 Å². The van der Waals surface area contributed by atoms with Crippen molar-refractivity contribution in [1.29, 1.82) is 0 Å². The zero-order valence-corrected chi connectivity index (χ0v) is 15.2. The van der Waals surface area contributed by atoms with E-state index in [0.29, 0.717) is 13.1 Å². The molecular weight excluding hydrogens is 322 g/mol. The maximum atomic E-state index is 12.2. The van der Waals surface area contributed by atoms with Crippen LogP contribution in [-0.4, -0.2) is 48.4 Å². The summed E-state index contributed by atoms with van der Waals surface area (Å²) in [6, 6.07) is 9.56. The van der Waals surface area contributed by atoms with Crippen LogP contribution in [0.5, 0.6) is 0 Å². The molecule has 1 aliphatic rings. The van der Waals surface area contributed by atoms with Crippen LogP contribution in [0.3, 0.4) is 0 Å². The first-order valence-electron chi connectivity index (χ1n) is 8.62. The molecule has 0 aliphatic carbocycles. The fourth-order valence-electron chi connectivity index (χ4n) is 2.61. The molecule has 25 heavy (non-hydrogen) atoms. The van der Waals surface area contributed by atoms with Gasteiger partial charge in [0.1, 0.15) is 18.8 Å². The first-order chi connectivity index (χ1) is 11.8. The number of likely N-dealkylation sites (tertiary alicyclic amines) is 1. The lowest BCUT2D eigenvalue weighted by atomic mass is 10.1. The van der Waals surface area contributed by atoms with Crippen LogP contribution in [0.1, 0.15) is 39.2 Å². The maximum absolute atomic E-state index is 12.2. The van der Waals surface area contributed by atoms with Gasteiger partial charge < -0.3 is 19.1 Å². The molecule has 1 fully saturated rings. The van der Waals surface area contributed by atoms with Gasteiger partial charge in [0, 0.05) is 6.54 Å². The van der Waals surface area contributed by atoms with Crippen molar-refractivity contribution in [2.45, 2.75) is 51.9 Å². The molecule has 0 spiro atoms. The summed E-state index contributed by atoms with van der Waals surface area (Å²) in [6.45, 7) is 6.66. The van der Waals surface area contributed by atoms with Gasteiger partial charge >= 0.3 is 12.1 Å². The Labute approximate surface area is 149 Å². The normalized spacial score (nSPS) is 17.9. The van der Waals surface area contributed by atoms with Crippen LogP contribution in [0.15, 0.2) is 30.3 Å². The van der Waals surface area contributed by atoms with Crippen molar-refractivity contribution in [3.05, 3.63) is 35.9 Å². The molecule has 0 radical (unpaired) electrons. The predicted molar refractivity (Wildman–Crippen MR) is 93.0 cm³/mol. The summed E-state index contributed by atoms with van der Waals surface area (Å²) in [7, 11) is 0. The number of ether oxygens (including phenoxy) is 3. The molecule has 1 amide bonds. The molecule has 1 aliphatic heterocycles. The van der Waals surface area contributed by atoms with Crippen LogP contribution in [0, 0.1) is 0 Å². The van der Waals surface area contributed by atoms with E-state index in [9.17, 15) is 9.59 Å². The molecule has 1 saturated heterocycles. The average molecular weight is 349 g/mol. The lowest BCUT2D eigenvalue weighted by Gasteiger charge is -2.32. The van der Waals surface area contributed by atoms with Crippen molar-refractivity contribution in [1.82, 2.24) is 4.90 Å². The van der Waals surface area contributed by atoms with Gasteiger partial charge in [0.15, 0.2) is 0 Å². The molecule has 1 heterocycles. The Morgan fingerprint density at radius 2 is 1.92 bits per heavy atom. The zero-order chi connectivity index (χ0) is 18.3. The molecule has 138 valence electrons. The number of hydrogen-bond donors (Lipinski definition) is 0. The molecular formula is C19H27NO5. The Balaban J connectivity index is 1.74. The van der Waals surface area contributed by atoms with Gasteiger partial charge in [-0.2, -0.15) is 0 Å². The molecule has 0 unspecified atom stereocenters. The summed E-state index contributed by atoms with van der Waals surface area (Å²) in [5.41, 5.74) is 0.422. The van der Waals surface area contributed by atoms with E-state index < -0.39 is 11.6 Å². The van der Waals surface area contributed by atoms with Crippen LogP contribution in [0.4, 0.5) is 4.79 Å². The monoisotopic (exact) mass is 349 g/mol. The highest BCUT2D eigenvalue weighted by Gasteiger charge is 2.26. The number of carbonyl (C=O) groups is 2. The lowest BCUT2D eigenvalue weighted by molar-refractivity contribution is -0.163. The standard InChI is InChI=1S/C19H27NO5/c1-19(2,3)25-17(21)14-23-16-10-7-11-20(12-16)18(22)24-13-15-8-5-4-6-9-15/h4-6,8-9,16H,7,10-14H2,1-3H3/t16-/m0/s1. The van der Waals surface area contributed by atoms with Crippen molar-refractivity contribution in [3.63, 3.8) is 0 Å². The highest BCUT2D eigenvalue weighted by molar-refractivity contribution is 5.71. The van der Waals surface area contributed by atoms with E-state index in [1.807, 2.05) is 51.1 Å². The molecule has 1 atom stereocenters. The van der Waals surface area contributed by atoms with Crippen molar-refractivity contribution in [3.8, 4) is 0 Å². The van der Waals surface area contributed by atoms with E-state index in [1.165, 1.54) is 0 Å². The van der Waals surface area contributed by atoms with E-state index in [1.54, 1.807) is 4.90 Å². The number of rotatable bonds is 5. The molecule has 0 saturated carbocycles. The van der Waals surface area contributed by atoms with E-state index in [-0.39, 0.29) is 25.4 Å². The van der Waals surface area contributed by atoms with E-state index in [2.05, 4.69) is 0 Å². The number of hydrogen-bond acceptors (Lipinski definition) is 5. The zero-order valence-electron chi connectivity index (χ0n) is 15.2. The van der Waals surface area contributed by atoms with Crippen LogP contribution >= 0.6 is 0 Å². The van der Waals surface area contributed by atoms with Gasteiger partial charge in [-0.1, -0.05) is 30.3 Å². The minimum Gasteiger partial charge on any atom is -0.458 e. The van der Waals surface area contributed by atoms with Gasteiger partial charge in [-0.25, -0.2) is 9.59 Å². The van der Waals surface area contributed by atoms with Gasteiger partial charge in [-0.05, 0) is 39.2 Å². The van der Waals surface area contributed by atoms with Crippen molar-refractivity contribution >= 4 is 12.1 Å². The third kappa shape index (κ3) is 7.13. The predicted octanol–water partition coefficient (Wildman–Crippen LogP) is 3.15. The number of carbonyl (C=O) groups excluding carboxylic acids is 2. The fourth-order valence-corrected chi connectivity index (χ4v) is 2.61. The number of piperidine rings is 1. The Morgan fingerprint density at radius 3 is 2.60 bits per heavy atom. The molecule has 1 aromatic carbocycles. The second-order valence-electron chi connectivity index (χ2n) is 7.15. The van der Waals surface area contributed by atoms with Gasteiger partial charge in [0.25, 0.3) is 0 Å². The van der Waals surface area contributed by atoms with E-state index in [0.717, 1.165) is 18.4 Å². The van der Waals surface area contributed by atoms with Crippen LogP contribution in [0.25, 0.3) is 0 Å². The molecule has 2 rings (SSSR count). The van der Waals surface area contributed by atoms with Crippen LogP contribution < -0.4 is 0 Å². The van der Waals surface area contributed by atoms with Gasteiger partial charge in [-0.15, -0.1) is 0 Å². The highest BCUT2D eigenvalue weighted by atomic mass is 16.6. The minimum absolute atomic E-state index is 0.102. The molecule has 0 bridgehead atoms. The average Bonchev–Trinajstić information content (AvgIpc) is 2.57. The van der Waals surface area contributed by atoms with E-state index in [4.69, 9.17) is 14.2 Å². The summed E-state index contributed by atoms with van der Waals surface area (Å²) >= 11 is 0. The smallest absolute Gasteiger partial charge is 0.410 e. The highest BCUT2D eigenvalue weighted by Crippen LogP contribution is 2.15. The van der Waals surface area contributed by atoms with Gasteiger partial charge in [0.05, 0.1) is 12.6 Å². The van der Waals surface area contributed by atoms with Gasteiger partial charge in [0.2, 0.25) is 0 Å². The second-order valence-corrected chi connectivity index (χ2v) is 7.15. The first-order valence-corrected chi connectivity index (χ1v) is 8.62. The maximum Gasteiger partial charge on any atom is 0.410 e. The third-order valence-electron chi connectivity index (χ3n) is 3.70. The second kappa shape index (κ2) is 8.85. The minimum atomic E-state index is -0.527. The SMILES string of the molecule is CC(C)(C)OC(=O)CO[C@H]1CCCN(C(=O)OCc2ccccc2)C1. The number of amides is 1. The number of esters is 1. The Morgan fingerprint density at radius 1 is 1.20 bits per heavy atom. The lowest BCUT2D eigenvalue weighted by Crippen LogP contribution is -2.44. The fraction of sp³-hybridized carbons (Fsp3) is 0.579. The molecule has 1 aromatic rings. The molecule has 6 heteroatoms. The van der Waals surface area contributed by atoms with Crippen LogP contribution in [0.2, 0.25) is 0 Å². The largest absolute Gasteiger partial charge is 0.458 e. The Kier molecular flexibility index (Phi) is 6.82. The quantitative estimate of drug-likeness (QED) is 0.764. The summed E-state index contributed by atoms with van der Waals surface area (Å²) in [4.78, 5) is 25.6. The summed E-state index contributed by atoms with van der Waals surface area (Å²) in [6.07, 6.45) is 1.10. The van der Waals surface area contributed by atoms with E-state index >= 15 is 0 Å². The molecule has 0 N–H and O–H groups in total. The molecule has 6 nitrogen and oxygen atoms in total. The third-order valence-corrected chi connectivity index (χ3v) is 3.70. The Bertz CT molecular complexity index is 567. The number of nitrogens with zero attached hydrogens (tertiary/aromatic N) is 1. The first kappa shape index (κ1) is 19.2. The summed E-state index contributed by atoms with van der Waals surface area (Å²) in [5, 5.41) is 0. The topological polar surface area (TPSA) is 65.1 Å². The Hall–Kier alpha value is -2.08. The van der Waals surface area contributed by atoms with Crippen LogP contribution in [-0.2, 0) is 25.6 Å². The van der Waals surface area contributed by atoms with Crippen molar-refractivity contribution in [2.75, 3.05) is 19.7 Å². The summed E-state index contributed by atoms with van der Waals surface area (Å²) < 4.78 is 16.2.